The van der Waals surface area contributed by atoms with E-state index in [1.54, 1.807) is 0 Å². The number of nitrogens with two attached hydrogens (primary N) is 1. The van der Waals surface area contributed by atoms with E-state index in [0.717, 1.165) is 42.9 Å². The van der Waals surface area contributed by atoms with Crippen molar-refractivity contribution in [3.05, 3.63) is 11.4 Å². The first kappa shape index (κ1) is 13.6. The first-order chi connectivity index (χ1) is 9.63. The van der Waals surface area contributed by atoms with Crippen molar-refractivity contribution in [1.29, 1.82) is 0 Å². The van der Waals surface area contributed by atoms with Crippen LogP contribution in [0.3, 0.4) is 0 Å². The number of anilines is 2. The molecule has 0 atom stereocenters. The second-order valence-corrected chi connectivity index (χ2v) is 5.89. The highest BCUT2D eigenvalue weighted by molar-refractivity contribution is 5.56. The minimum absolute atomic E-state index is 0.0679. The van der Waals surface area contributed by atoms with Crippen molar-refractivity contribution in [3.63, 3.8) is 0 Å². The maximum Gasteiger partial charge on any atom is 0.136 e. The number of nitrogens with one attached hydrogen (secondary N) is 1. The molecule has 2 fully saturated rings. The van der Waals surface area contributed by atoms with Gasteiger partial charge in [-0.3, -0.25) is 0 Å². The lowest BCUT2D eigenvalue weighted by Crippen LogP contribution is -2.47. The summed E-state index contributed by atoms with van der Waals surface area (Å²) in [6.45, 7) is 3.29. The fourth-order valence-corrected chi connectivity index (χ4v) is 2.53. The third kappa shape index (κ3) is 2.58. The van der Waals surface area contributed by atoms with Crippen molar-refractivity contribution >= 4 is 11.6 Å². The lowest BCUT2D eigenvalue weighted by atomic mass is 9.91. The summed E-state index contributed by atoms with van der Waals surface area (Å²) >= 11 is 0. The molecular weight excluding hydrogens is 256 g/mol. The van der Waals surface area contributed by atoms with Gasteiger partial charge in [0.1, 0.15) is 17.5 Å². The molecule has 110 valence electrons. The van der Waals surface area contributed by atoms with Crippen LogP contribution in [0.4, 0.5) is 11.6 Å². The second kappa shape index (κ2) is 5.18. The van der Waals surface area contributed by atoms with Gasteiger partial charge in [-0.05, 0) is 32.6 Å². The minimum Gasteiger partial charge on any atom is -0.394 e. The van der Waals surface area contributed by atoms with Gasteiger partial charge in [0, 0.05) is 24.7 Å². The molecule has 0 spiro atoms. The molecule has 0 bridgehead atoms. The molecular formula is C14H22N4O2. The van der Waals surface area contributed by atoms with Crippen molar-refractivity contribution in [3.8, 4) is 0 Å². The van der Waals surface area contributed by atoms with Crippen molar-refractivity contribution in [1.82, 2.24) is 9.97 Å². The third-order valence-electron chi connectivity index (χ3n) is 4.28. The summed E-state index contributed by atoms with van der Waals surface area (Å²) < 4.78 is 5.38. The van der Waals surface area contributed by atoms with Gasteiger partial charge in [0.05, 0.1) is 12.1 Å². The van der Waals surface area contributed by atoms with Crippen LogP contribution in [0, 0.1) is 6.92 Å². The van der Waals surface area contributed by atoms with Crippen LogP contribution < -0.4 is 11.1 Å². The standard InChI is InChI=1S/C14H22N4O2/c1-9-11(15)16-13(10-2-3-10)17-12(9)18-14(8-19)4-6-20-7-5-14/h10,19H,2-8H2,1H3,(H3,15,16,17,18). The maximum atomic E-state index is 9.76. The highest BCUT2D eigenvalue weighted by Crippen LogP contribution is 2.39. The molecule has 0 radical (unpaired) electrons. The molecule has 3 rings (SSSR count). The molecule has 1 aromatic rings. The van der Waals surface area contributed by atoms with Crippen molar-refractivity contribution in [2.75, 3.05) is 30.9 Å². The zero-order valence-corrected chi connectivity index (χ0v) is 11.9. The summed E-state index contributed by atoms with van der Waals surface area (Å²) in [6, 6.07) is 0. The Kier molecular flexibility index (Phi) is 3.52. The maximum absolute atomic E-state index is 9.76. The summed E-state index contributed by atoms with van der Waals surface area (Å²) in [5, 5.41) is 13.2. The quantitative estimate of drug-likeness (QED) is 0.766. The molecule has 2 heterocycles. The molecule has 0 aromatic carbocycles. The van der Waals surface area contributed by atoms with Gasteiger partial charge in [-0.15, -0.1) is 0 Å². The SMILES string of the molecule is Cc1c(N)nc(C2CC2)nc1NC1(CO)CCOCC1. The van der Waals surface area contributed by atoms with Crippen LogP contribution in [0.2, 0.25) is 0 Å². The number of aliphatic hydroxyl groups is 1. The van der Waals surface area contributed by atoms with Gasteiger partial charge in [0.25, 0.3) is 0 Å². The molecule has 1 aliphatic carbocycles. The van der Waals surface area contributed by atoms with Crippen LogP contribution >= 0.6 is 0 Å². The van der Waals surface area contributed by atoms with E-state index >= 15 is 0 Å². The number of nitrogens with zero attached hydrogens (tertiary/aromatic N) is 2. The van der Waals surface area contributed by atoms with Gasteiger partial charge < -0.3 is 20.9 Å². The average molecular weight is 278 g/mol. The topological polar surface area (TPSA) is 93.3 Å². The lowest BCUT2D eigenvalue weighted by molar-refractivity contribution is 0.0378. The molecule has 0 unspecified atom stereocenters. The molecule has 1 aromatic heterocycles. The fraction of sp³-hybridized carbons (Fsp3) is 0.714. The summed E-state index contributed by atoms with van der Waals surface area (Å²) in [6.07, 6.45) is 3.82. The number of ether oxygens (including phenoxy) is 1. The highest BCUT2D eigenvalue weighted by atomic mass is 16.5. The normalized spacial score (nSPS) is 21.7. The van der Waals surface area contributed by atoms with E-state index in [2.05, 4.69) is 15.3 Å². The molecule has 6 heteroatoms. The molecule has 1 saturated carbocycles. The van der Waals surface area contributed by atoms with E-state index in [9.17, 15) is 5.11 Å². The average Bonchev–Trinajstić information content (AvgIpc) is 3.29. The number of rotatable bonds is 4. The largest absolute Gasteiger partial charge is 0.394 e. The molecule has 4 N–H and O–H groups in total. The van der Waals surface area contributed by atoms with Crippen LogP contribution in [-0.4, -0.2) is 40.4 Å². The Morgan fingerprint density at radius 2 is 2.05 bits per heavy atom. The zero-order chi connectivity index (χ0) is 14.2. The lowest BCUT2D eigenvalue weighted by Gasteiger charge is -2.37. The second-order valence-electron chi connectivity index (χ2n) is 5.89. The smallest absolute Gasteiger partial charge is 0.136 e. The first-order valence-corrected chi connectivity index (χ1v) is 7.24. The van der Waals surface area contributed by atoms with E-state index < -0.39 is 0 Å². The van der Waals surface area contributed by atoms with Gasteiger partial charge in [-0.1, -0.05) is 0 Å². The predicted octanol–water partition coefficient (Wildman–Crippen LogP) is 1.20. The van der Waals surface area contributed by atoms with E-state index in [4.69, 9.17) is 10.5 Å². The van der Waals surface area contributed by atoms with Gasteiger partial charge in [-0.25, -0.2) is 9.97 Å². The van der Waals surface area contributed by atoms with Crippen LogP contribution in [0.25, 0.3) is 0 Å². The third-order valence-corrected chi connectivity index (χ3v) is 4.28. The van der Waals surface area contributed by atoms with Gasteiger partial charge in [0.15, 0.2) is 0 Å². The fourth-order valence-electron chi connectivity index (χ4n) is 2.53. The van der Waals surface area contributed by atoms with Gasteiger partial charge in [0.2, 0.25) is 0 Å². The van der Waals surface area contributed by atoms with E-state index in [-0.39, 0.29) is 12.1 Å². The van der Waals surface area contributed by atoms with Crippen LogP contribution in [0.5, 0.6) is 0 Å². The predicted molar refractivity (Wildman–Crippen MR) is 76.6 cm³/mol. The highest BCUT2D eigenvalue weighted by Gasteiger charge is 2.34. The van der Waals surface area contributed by atoms with E-state index in [1.165, 1.54) is 0 Å². The van der Waals surface area contributed by atoms with Gasteiger partial charge >= 0.3 is 0 Å². The molecule has 1 aliphatic heterocycles. The van der Waals surface area contributed by atoms with Crippen molar-refractivity contribution in [2.45, 2.75) is 44.1 Å². The first-order valence-electron chi connectivity index (χ1n) is 7.24. The number of hydrogen-bond donors (Lipinski definition) is 3. The van der Waals surface area contributed by atoms with E-state index in [1.807, 2.05) is 6.92 Å². The van der Waals surface area contributed by atoms with E-state index in [0.29, 0.717) is 24.9 Å². The Balaban J connectivity index is 1.88. The molecule has 0 amide bonds. The molecule has 20 heavy (non-hydrogen) atoms. The number of aromatic nitrogens is 2. The Labute approximate surface area is 118 Å². The van der Waals surface area contributed by atoms with Crippen LogP contribution in [-0.2, 0) is 4.74 Å². The van der Waals surface area contributed by atoms with Crippen LogP contribution in [0.1, 0.15) is 43.0 Å². The summed E-state index contributed by atoms with van der Waals surface area (Å²) in [7, 11) is 0. The Morgan fingerprint density at radius 1 is 1.35 bits per heavy atom. The number of aliphatic hydroxyl groups excluding tert-OH is 1. The minimum atomic E-state index is -0.357. The summed E-state index contributed by atoms with van der Waals surface area (Å²) in [5.74, 6) is 2.58. The Hall–Kier alpha value is -1.40. The van der Waals surface area contributed by atoms with Crippen molar-refractivity contribution < 1.29 is 9.84 Å². The molecule has 6 nitrogen and oxygen atoms in total. The monoisotopic (exact) mass is 278 g/mol. The van der Waals surface area contributed by atoms with Crippen LogP contribution in [0.15, 0.2) is 0 Å². The Bertz CT molecular complexity index is 496. The molecule has 1 saturated heterocycles. The molecule has 2 aliphatic rings. The van der Waals surface area contributed by atoms with Crippen molar-refractivity contribution in [2.24, 2.45) is 0 Å². The van der Waals surface area contributed by atoms with Gasteiger partial charge in [-0.2, -0.15) is 0 Å². The Morgan fingerprint density at radius 3 is 2.65 bits per heavy atom. The summed E-state index contributed by atoms with van der Waals surface area (Å²) in [4.78, 5) is 9.00. The number of nitrogen functional groups attached to an aromatic ring is 1. The number of hydrogen-bond acceptors (Lipinski definition) is 6. The summed E-state index contributed by atoms with van der Waals surface area (Å²) in [5.41, 5.74) is 6.50. The zero-order valence-electron chi connectivity index (χ0n) is 11.9.